The van der Waals surface area contributed by atoms with E-state index in [2.05, 4.69) is 33.9 Å². The fourth-order valence-corrected chi connectivity index (χ4v) is 6.06. The predicted molar refractivity (Wildman–Crippen MR) is 107 cm³/mol. The number of rotatable bonds is 6. The number of anilines is 1. The normalized spacial score (nSPS) is 24.3. The molecule has 2 fully saturated rings. The van der Waals surface area contributed by atoms with Gasteiger partial charge in [0, 0.05) is 17.4 Å². The first-order valence-corrected chi connectivity index (χ1v) is 10.8. The quantitative estimate of drug-likeness (QED) is 0.522. The van der Waals surface area contributed by atoms with Gasteiger partial charge in [0.2, 0.25) is 5.91 Å². The van der Waals surface area contributed by atoms with Crippen LogP contribution in [0.4, 0.5) is 9.93 Å². The number of aryl methyl sites for hydroxylation is 1. The average molecular weight is 391 g/mol. The van der Waals surface area contributed by atoms with Crippen molar-refractivity contribution in [2.45, 2.75) is 49.9 Å². The van der Waals surface area contributed by atoms with E-state index in [9.17, 15) is 9.59 Å². The number of carbonyl (C=O) groups is 2. The van der Waals surface area contributed by atoms with Crippen LogP contribution in [0.1, 0.15) is 31.2 Å². The summed E-state index contributed by atoms with van der Waals surface area (Å²) in [6.45, 7) is 2.05. The van der Waals surface area contributed by atoms with Crippen LogP contribution in [0, 0.1) is 6.92 Å². The largest absolute Gasteiger partial charge is 0.332 e. The number of nitrogens with zero attached hydrogens (tertiary/aromatic N) is 1. The van der Waals surface area contributed by atoms with Crippen LogP contribution in [0.15, 0.2) is 18.2 Å². The molecule has 3 N–H and O–H groups in total. The number of hydrogen-bond acceptors (Lipinski definition) is 5. The van der Waals surface area contributed by atoms with E-state index >= 15 is 0 Å². The van der Waals surface area contributed by atoms with Gasteiger partial charge in [-0.05, 0) is 37.5 Å². The van der Waals surface area contributed by atoms with Gasteiger partial charge in [0.15, 0.2) is 5.13 Å². The predicted octanol–water partition coefficient (Wildman–Crippen LogP) is 3.27. The molecule has 138 valence electrons. The minimum absolute atomic E-state index is 0.0218. The summed E-state index contributed by atoms with van der Waals surface area (Å²) in [6.07, 6.45) is 3.38. The zero-order valence-corrected chi connectivity index (χ0v) is 16.2. The summed E-state index contributed by atoms with van der Waals surface area (Å²) in [5.74, 6) is 1.000. The molecule has 0 bridgehead atoms. The van der Waals surface area contributed by atoms with Gasteiger partial charge in [-0.2, -0.15) is 11.8 Å². The molecular weight excluding hydrogens is 368 g/mol. The number of carbonyl (C=O) groups excluding carboxylic acids is 2. The van der Waals surface area contributed by atoms with Crippen LogP contribution in [0.5, 0.6) is 0 Å². The Morgan fingerprint density at radius 3 is 3.12 bits per heavy atom. The van der Waals surface area contributed by atoms with Crippen molar-refractivity contribution < 1.29 is 9.59 Å². The Morgan fingerprint density at radius 2 is 2.23 bits per heavy atom. The number of thiazole rings is 1. The van der Waals surface area contributed by atoms with Gasteiger partial charge in [-0.3, -0.25) is 4.79 Å². The molecule has 0 unspecified atom stereocenters. The van der Waals surface area contributed by atoms with E-state index in [4.69, 9.17) is 0 Å². The molecule has 4 rings (SSSR count). The molecule has 1 aromatic carbocycles. The number of benzene rings is 1. The highest BCUT2D eigenvalue weighted by atomic mass is 32.2. The molecule has 0 saturated carbocycles. The van der Waals surface area contributed by atoms with Gasteiger partial charge in [-0.25, -0.2) is 9.78 Å². The Balaban J connectivity index is 1.21. The van der Waals surface area contributed by atoms with Crippen LogP contribution in [0.25, 0.3) is 10.2 Å². The summed E-state index contributed by atoms with van der Waals surface area (Å²) < 4.78 is 1.10. The highest BCUT2D eigenvalue weighted by Crippen LogP contribution is 2.33. The summed E-state index contributed by atoms with van der Waals surface area (Å²) in [4.78, 5) is 28.0. The molecule has 3 atom stereocenters. The first kappa shape index (κ1) is 17.6. The standard InChI is InChI=1S/C18H22N4O2S2/c1-10-6-7-11-14(8-10)26-18(20-11)21-15(23)5-3-2-4-13-16-12(9-25-13)19-17(24)22-16/h6-8,12-13,16H,2-5,9H2,1H3,(H2,19,22,24)(H,20,21,23)/t12-,13-,16-/m0/s1. The lowest BCUT2D eigenvalue weighted by atomic mass is 10.0. The van der Waals surface area contributed by atoms with E-state index in [1.165, 1.54) is 16.9 Å². The lowest BCUT2D eigenvalue weighted by molar-refractivity contribution is -0.116. The third kappa shape index (κ3) is 3.81. The Labute approximate surface area is 160 Å². The van der Waals surface area contributed by atoms with Gasteiger partial charge in [0.25, 0.3) is 0 Å². The summed E-state index contributed by atoms with van der Waals surface area (Å²) >= 11 is 3.43. The molecule has 0 spiro atoms. The van der Waals surface area contributed by atoms with Gasteiger partial charge >= 0.3 is 6.03 Å². The number of nitrogens with one attached hydrogen (secondary N) is 3. The van der Waals surface area contributed by atoms with Crippen molar-refractivity contribution in [3.05, 3.63) is 23.8 Å². The second-order valence-electron chi connectivity index (χ2n) is 6.91. The Kier molecular flexibility index (Phi) is 5.04. The summed E-state index contributed by atoms with van der Waals surface area (Å²) in [7, 11) is 0. The van der Waals surface area contributed by atoms with Crippen LogP contribution >= 0.6 is 23.1 Å². The summed E-state index contributed by atoms with van der Waals surface area (Å²) in [6, 6.07) is 6.57. The molecule has 3 amide bonds. The van der Waals surface area contributed by atoms with Gasteiger partial charge in [0.1, 0.15) is 0 Å². The van der Waals surface area contributed by atoms with E-state index in [0.717, 1.165) is 35.2 Å². The third-order valence-electron chi connectivity index (χ3n) is 4.87. The molecule has 6 nitrogen and oxygen atoms in total. The number of amides is 3. The fraction of sp³-hybridized carbons (Fsp3) is 0.500. The van der Waals surface area contributed by atoms with E-state index in [-0.39, 0.29) is 24.0 Å². The maximum atomic E-state index is 12.2. The SMILES string of the molecule is Cc1ccc2nc(NC(=O)CCCC[C@@H]3SC[C@@H]4NC(=O)N[C@@H]43)sc2c1. The second kappa shape index (κ2) is 7.44. The average Bonchev–Trinajstić information content (AvgIpc) is 3.25. The van der Waals surface area contributed by atoms with Crippen molar-refractivity contribution in [2.24, 2.45) is 0 Å². The lowest BCUT2D eigenvalue weighted by Gasteiger charge is -2.16. The topological polar surface area (TPSA) is 83.1 Å². The molecule has 2 saturated heterocycles. The van der Waals surface area contributed by atoms with Gasteiger partial charge in [-0.1, -0.05) is 23.8 Å². The minimum Gasteiger partial charge on any atom is -0.332 e. The Hall–Kier alpha value is -1.80. The summed E-state index contributed by atoms with van der Waals surface area (Å²) in [5.41, 5.74) is 2.12. The van der Waals surface area contributed by atoms with Gasteiger partial charge in [0.05, 0.1) is 22.3 Å². The highest BCUT2D eigenvalue weighted by Gasteiger charge is 2.42. The fourth-order valence-electron chi connectivity index (χ4n) is 3.54. The molecule has 3 heterocycles. The monoisotopic (exact) mass is 390 g/mol. The van der Waals surface area contributed by atoms with Crippen molar-refractivity contribution >= 4 is 50.4 Å². The minimum atomic E-state index is -0.0456. The van der Waals surface area contributed by atoms with Crippen LogP contribution in [-0.2, 0) is 4.79 Å². The van der Waals surface area contributed by atoms with Gasteiger partial charge < -0.3 is 16.0 Å². The van der Waals surface area contributed by atoms with E-state index in [1.807, 2.05) is 23.9 Å². The Bertz CT molecular complexity index is 838. The maximum absolute atomic E-state index is 12.2. The third-order valence-corrected chi connectivity index (χ3v) is 7.31. The molecule has 2 aromatic rings. The van der Waals surface area contributed by atoms with E-state index in [0.29, 0.717) is 16.8 Å². The van der Waals surface area contributed by atoms with Crippen LogP contribution < -0.4 is 16.0 Å². The number of hydrogen-bond donors (Lipinski definition) is 3. The number of unbranched alkanes of at least 4 members (excludes halogenated alkanes) is 1. The smallest absolute Gasteiger partial charge is 0.315 e. The van der Waals surface area contributed by atoms with Crippen molar-refractivity contribution in [1.29, 1.82) is 0 Å². The number of thioether (sulfide) groups is 1. The first-order valence-electron chi connectivity index (χ1n) is 8.94. The number of aromatic nitrogens is 1. The van der Waals surface area contributed by atoms with Crippen molar-refractivity contribution in [3.8, 4) is 0 Å². The number of fused-ring (bicyclic) bond motifs is 2. The zero-order valence-electron chi connectivity index (χ0n) is 14.6. The maximum Gasteiger partial charge on any atom is 0.315 e. The highest BCUT2D eigenvalue weighted by molar-refractivity contribution is 8.00. The van der Waals surface area contributed by atoms with Gasteiger partial charge in [-0.15, -0.1) is 0 Å². The molecule has 8 heteroatoms. The van der Waals surface area contributed by atoms with Crippen LogP contribution in [0.2, 0.25) is 0 Å². The molecule has 0 aliphatic carbocycles. The van der Waals surface area contributed by atoms with Crippen molar-refractivity contribution in [1.82, 2.24) is 15.6 Å². The Morgan fingerprint density at radius 1 is 1.35 bits per heavy atom. The van der Waals surface area contributed by atoms with E-state index < -0.39 is 0 Å². The van der Waals surface area contributed by atoms with E-state index in [1.54, 1.807) is 0 Å². The number of urea groups is 1. The lowest BCUT2D eigenvalue weighted by Crippen LogP contribution is -2.36. The van der Waals surface area contributed by atoms with Crippen LogP contribution in [0.3, 0.4) is 0 Å². The van der Waals surface area contributed by atoms with Crippen molar-refractivity contribution in [2.75, 3.05) is 11.1 Å². The van der Waals surface area contributed by atoms with Crippen molar-refractivity contribution in [3.63, 3.8) is 0 Å². The molecule has 1 aromatic heterocycles. The molecular formula is C18H22N4O2S2. The molecule has 26 heavy (non-hydrogen) atoms. The first-order chi connectivity index (χ1) is 12.6. The second-order valence-corrected chi connectivity index (χ2v) is 9.21. The zero-order chi connectivity index (χ0) is 18.1. The molecule has 2 aliphatic heterocycles. The molecule has 2 aliphatic rings. The summed E-state index contributed by atoms with van der Waals surface area (Å²) in [5, 5.41) is 10.0. The van der Waals surface area contributed by atoms with Crippen LogP contribution in [-0.4, -0.2) is 40.0 Å². The molecule has 0 radical (unpaired) electrons.